The Morgan fingerprint density at radius 2 is 1.25 bits per heavy atom. The molecule has 1 heterocycles. The van der Waals surface area contributed by atoms with Gasteiger partial charge in [-0.3, -0.25) is 9.59 Å². The highest BCUT2D eigenvalue weighted by Crippen LogP contribution is 2.40. The summed E-state index contributed by atoms with van der Waals surface area (Å²) < 4.78 is 5.30. The predicted octanol–water partition coefficient (Wildman–Crippen LogP) is 8.91. The van der Waals surface area contributed by atoms with Gasteiger partial charge in [-0.05, 0) is 31.0 Å². The first-order chi connectivity index (χ1) is 19.5. The lowest BCUT2D eigenvalue weighted by Gasteiger charge is -2.25. The molecule has 0 saturated carbocycles. The Morgan fingerprint density at radius 1 is 0.750 bits per heavy atom. The molecular weight excluding hydrogens is 498 g/mol. The van der Waals surface area contributed by atoms with Gasteiger partial charge in [-0.1, -0.05) is 132 Å². The highest BCUT2D eigenvalue weighted by atomic mass is 16.5. The zero-order valence-electron chi connectivity index (χ0n) is 24.9. The number of benzene rings is 2. The van der Waals surface area contributed by atoms with Crippen LogP contribution in [0.25, 0.3) is 5.76 Å². The van der Waals surface area contributed by atoms with Crippen LogP contribution in [0.4, 0.5) is 0 Å². The molecule has 2 aromatic carbocycles. The van der Waals surface area contributed by atoms with E-state index in [1.165, 1.54) is 70.6 Å². The first-order valence-electron chi connectivity index (χ1n) is 15.5. The molecule has 3 rings (SSSR count). The smallest absolute Gasteiger partial charge is 0.295 e. The van der Waals surface area contributed by atoms with Crippen LogP contribution in [-0.2, 0) is 9.59 Å². The van der Waals surface area contributed by atoms with Gasteiger partial charge in [0.25, 0.3) is 11.7 Å². The minimum absolute atomic E-state index is 0.123. The summed E-state index contributed by atoms with van der Waals surface area (Å²) in [5.41, 5.74) is 2.54. The number of aliphatic hydroxyl groups is 1. The normalized spacial score (nSPS) is 16.6. The molecule has 1 saturated heterocycles. The Labute approximate surface area is 241 Å². The van der Waals surface area contributed by atoms with Crippen LogP contribution in [0.3, 0.4) is 0 Å². The third kappa shape index (κ3) is 8.97. The molecule has 40 heavy (non-hydrogen) atoms. The van der Waals surface area contributed by atoms with Gasteiger partial charge in [0.2, 0.25) is 0 Å². The molecule has 218 valence electrons. The van der Waals surface area contributed by atoms with Gasteiger partial charge in [-0.15, -0.1) is 0 Å². The number of aryl methyl sites for hydroxylation is 1. The zero-order chi connectivity index (χ0) is 28.7. The van der Waals surface area contributed by atoms with E-state index < -0.39 is 17.7 Å². The second-order valence-corrected chi connectivity index (χ2v) is 11.2. The number of rotatable bonds is 18. The van der Waals surface area contributed by atoms with E-state index in [0.29, 0.717) is 17.9 Å². The monoisotopic (exact) mass is 547 g/mol. The van der Waals surface area contributed by atoms with Crippen molar-refractivity contribution in [3.05, 3.63) is 70.8 Å². The fraction of sp³-hybridized carbons (Fsp3) is 0.543. The zero-order valence-corrected chi connectivity index (χ0v) is 24.9. The van der Waals surface area contributed by atoms with E-state index in [0.717, 1.165) is 30.4 Å². The molecule has 0 aromatic heterocycles. The van der Waals surface area contributed by atoms with Crippen molar-refractivity contribution in [2.24, 2.45) is 0 Å². The summed E-state index contributed by atoms with van der Waals surface area (Å²) >= 11 is 0. The molecule has 0 bridgehead atoms. The standard InChI is InChI=1S/C35H49NO4/c1-4-5-6-7-8-9-10-11-12-13-14-15-16-17-26-36-32(28-22-24-30(40-3)25-23-28)31(34(38)35(36)39)33(37)29-20-18-27(2)19-21-29/h18-25,32,37H,4-17,26H2,1-3H3/b33-31+. The van der Waals surface area contributed by atoms with Crippen LogP contribution in [-0.4, -0.2) is 35.4 Å². The van der Waals surface area contributed by atoms with Gasteiger partial charge >= 0.3 is 0 Å². The first-order valence-corrected chi connectivity index (χ1v) is 15.5. The third-order valence-corrected chi connectivity index (χ3v) is 8.05. The molecule has 0 radical (unpaired) electrons. The number of likely N-dealkylation sites (tertiary alicyclic amines) is 1. The Morgan fingerprint density at radius 3 is 1.75 bits per heavy atom. The summed E-state index contributed by atoms with van der Waals surface area (Å²) in [6, 6.07) is 14.1. The predicted molar refractivity (Wildman–Crippen MR) is 163 cm³/mol. The highest BCUT2D eigenvalue weighted by Gasteiger charge is 2.45. The van der Waals surface area contributed by atoms with Gasteiger partial charge in [0.1, 0.15) is 11.5 Å². The topological polar surface area (TPSA) is 66.8 Å². The van der Waals surface area contributed by atoms with Crippen LogP contribution in [0.2, 0.25) is 0 Å². The van der Waals surface area contributed by atoms with Crippen LogP contribution >= 0.6 is 0 Å². The van der Waals surface area contributed by atoms with Crippen LogP contribution in [0, 0.1) is 6.92 Å². The summed E-state index contributed by atoms with van der Waals surface area (Å²) in [4.78, 5) is 28.0. The second kappa shape index (κ2) is 16.9. The molecule has 1 aliphatic rings. The van der Waals surface area contributed by atoms with Crippen molar-refractivity contribution >= 4 is 17.4 Å². The third-order valence-electron chi connectivity index (χ3n) is 8.05. The molecule has 0 spiro atoms. The maximum absolute atomic E-state index is 13.2. The Bertz CT molecular complexity index is 1090. The van der Waals surface area contributed by atoms with Crippen molar-refractivity contribution in [1.82, 2.24) is 4.90 Å². The van der Waals surface area contributed by atoms with Crippen molar-refractivity contribution < 1.29 is 19.4 Å². The van der Waals surface area contributed by atoms with Crippen molar-refractivity contribution in [2.45, 2.75) is 110 Å². The van der Waals surface area contributed by atoms with E-state index in [1.807, 2.05) is 43.3 Å². The molecule has 1 atom stereocenters. The Balaban J connectivity index is 1.55. The van der Waals surface area contributed by atoms with Crippen LogP contribution in [0.1, 0.15) is 120 Å². The summed E-state index contributed by atoms with van der Waals surface area (Å²) in [7, 11) is 1.61. The van der Waals surface area contributed by atoms with Gasteiger partial charge in [-0.25, -0.2) is 0 Å². The maximum atomic E-state index is 13.2. The van der Waals surface area contributed by atoms with E-state index in [4.69, 9.17) is 4.74 Å². The number of nitrogens with zero attached hydrogens (tertiary/aromatic N) is 1. The number of ketones is 1. The highest BCUT2D eigenvalue weighted by molar-refractivity contribution is 6.46. The second-order valence-electron chi connectivity index (χ2n) is 11.2. The van der Waals surface area contributed by atoms with Crippen molar-refractivity contribution in [2.75, 3.05) is 13.7 Å². The van der Waals surface area contributed by atoms with Crippen molar-refractivity contribution in [3.8, 4) is 5.75 Å². The Hall–Kier alpha value is -3.08. The lowest BCUT2D eigenvalue weighted by atomic mass is 9.95. The molecule has 1 aliphatic heterocycles. The van der Waals surface area contributed by atoms with E-state index in [2.05, 4.69) is 6.92 Å². The van der Waals surface area contributed by atoms with Crippen molar-refractivity contribution in [3.63, 3.8) is 0 Å². The minimum Gasteiger partial charge on any atom is -0.507 e. The SMILES string of the molecule is CCCCCCCCCCCCCCCCN1C(=O)C(=O)/C(=C(/O)c2ccc(C)cc2)C1c1ccc(OC)cc1. The number of unbranched alkanes of at least 4 members (excludes halogenated alkanes) is 13. The summed E-state index contributed by atoms with van der Waals surface area (Å²) in [5, 5.41) is 11.2. The number of hydrogen-bond donors (Lipinski definition) is 1. The van der Waals surface area contributed by atoms with Gasteiger partial charge in [0.15, 0.2) is 0 Å². The molecule has 0 aliphatic carbocycles. The maximum Gasteiger partial charge on any atom is 0.295 e. The van der Waals surface area contributed by atoms with Crippen molar-refractivity contribution in [1.29, 1.82) is 0 Å². The van der Waals surface area contributed by atoms with E-state index in [-0.39, 0.29) is 11.3 Å². The quantitative estimate of drug-likeness (QED) is 0.0876. The molecule has 1 unspecified atom stereocenters. The average Bonchev–Trinajstić information content (AvgIpc) is 3.22. The molecule has 5 nitrogen and oxygen atoms in total. The van der Waals surface area contributed by atoms with E-state index >= 15 is 0 Å². The first kappa shape index (κ1) is 31.4. The molecular formula is C35H49NO4. The summed E-state index contributed by atoms with van der Waals surface area (Å²) in [6.07, 6.45) is 17.7. The summed E-state index contributed by atoms with van der Waals surface area (Å²) in [6.45, 7) is 4.72. The number of carbonyl (C=O) groups excluding carboxylic acids is 2. The molecule has 1 N–H and O–H groups in total. The lowest BCUT2D eigenvalue weighted by molar-refractivity contribution is -0.139. The van der Waals surface area contributed by atoms with Crippen LogP contribution < -0.4 is 4.74 Å². The number of carbonyl (C=O) groups is 2. The number of methoxy groups -OCH3 is 1. The van der Waals surface area contributed by atoms with Gasteiger partial charge in [-0.2, -0.15) is 0 Å². The van der Waals surface area contributed by atoms with Crippen LogP contribution in [0.15, 0.2) is 54.1 Å². The number of Topliss-reactive ketones (excluding diaryl/α,β-unsaturated/α-hetero) is 1. The molecule has 1 fully saturated rings. The van der Waals surface area contributed by atoms with Crippen LogP contribution in [0.5, 0.6) is 5.75 Å². The summed E-state index contributed by atoms with van der Waals surface area (Å²) in [5.74, 6) is -0.581. The minimum atomic E-state index is -0.621. The van der Waals surface area contributed by atoms with Gasteiger partial charge in [0, 0.05) is 12.1 Å². The molecule has 1 amide bonds. The molecule has 2 aromatic rings. The molecule has 5 heteroatoms. The van der Waals surface area contributed by atoms with E-state index in [9.17, 15) is 14.7 Å². The largest absolute Gasteiger partial charge is 0.507 e. The fourth-order valence-corrected chi connectivity index (χ4v) is 5.59. The number of amides is 1. The number of aliphatic hydroxyl groups excluding tert-OH is 1. The van der Waals surface area contributed by atoms with E-state index in [1.54, 1.807) is 24.1 Å². The average molecular weight is 548 g/mol. The number of hydrogen-bond acceptors (Lipinski definition) is 4. The Kier molecular flexibility index (Phi) is 13.3. The van der Waals surface area contributed by atoms with Gasteiger partial charge < -0.3 is 14.7 Å². The van der Waals surface area contributed by atoms with Gasteiger partial charge in [0.05, 0.1) is 18.7 Å². The fourth-order valence-electron chi connectivity index (χ4n) is 5.59. The number of ether oxygens (including phenoxy) is 1. The lowest BCUT2D eigenvalue weighted by Crippen LogP contribution is -2.30.